The monoisotopic (exact) mass is 201 g/mol. The van der Waals surface area contributed by atoms with Gasteiger partial charge in [0.25, 0.3) is 0 Å². The summed E-state index contributed by atoms with van der Waals surface area (Å²) in [6.45, 7) is 3.17. The Bertz CT molecular complexity index is 184. The van der Waals surface area contributed by atoms with E-state index in [1.807, 2.05) is 0 Å². The molecule has 0 aliphatic heterocycles. The first-order chi connectivity index (χ1) is 6.74. The second-order valence-electron chi connectivity index (χ2n) is 3.69. The van der Waals surface area contributed by atoms with Gasteiger partial charge in [0.2, 0.25) is 0 Å². The number of carbonyl (C=O) groups is 1. The highest BCUT2D eigenvalue weighted by molar-refractivity contribution is 5.71. The minimum absolute atomic E-state index is 0.190. The van der Waals surface area contributed by atoms with Gasteiger partial charge < -0.3 is 15.2 Å². The van der Waals surface area contributed by atoms with E-state index in [0.717, 1.165) is 19.3 Å². The predicted octanol–water partition coefficient (Wildman–Crippen LogP) is 0.300. The molecule has 2 unspecified atom stereocenters. The quantitative estimate of drug-likeness (QED) is 0.628. The molecule has 0 heterocycles. The van der Waals surface area contributed by atoms with Gasteiger partial charge in [0.1, 0.15) is 0 Å². The number of hydrogen-bond donors (Lipinski definition) is 2. The Morgan fingerprint density at radius 1 is 1.57 bits per heavy atom. The molecule has 0 spiro atoms. The molecule has 0 bridgehead atoms. The molecule has 1 fully saturated rings. The maximum atomic E-state index is 11.0. The third-order valence-electron chi connectivity index (χ3n) is 2.60. The van der Waals surface area contributed by atoms with Crippen molar-refractivity contribution in [3.8, 4) is 0 Å². The molecular weight excluding hydrogens is 182 g/mol. The number of aliphatic hydroxyl groups is 1. The molecule has 0 radical (unpaired) electrons. The molecule has 1 aliphatic carbocycles. The van der Waals surface area contributed by atoms with Crippen molar-refractivity contribution in [3.05, 3.63) is 0 Å². The van der Waals surface area contributed by atoms with Gasteiger partial charge in [-0.2, -0.15) is 0 Å². The van der Waals surface area contributed by atoms with Crippen molar-refractivity contribution >= 4 is 5.97 Å². The van der Waals surface area contributed by atoms with E-state index in [2.05, 4.69) is 5.32 Å². The minimum Gasteiger partial charge on any atom is -0.465 e. The Balaban J connectivity index is 2.06. The number of esters is 1. The van der Waals surface area contributed by atoms with E-state index in [1.54, 1.807) is 6.92 Å². The molecular formula is C10H19NO3. The Morgan fingerprint density at radius 3 is 2.93 bits per heavy atom. The highest BCUT2D eigenvalue weighted by atomic mass is 16.5. The highest BCUT2D eigenvalue weighted by Crippen LogP contribution is 2.24. The molecule has 82 valence electrons. The van der Waals surface area contributed by atoms with Crippen molar-refractivity contribution in [1.29, 1.82) is 0 Å². The maximum absolute atomic E-state index is 11.0. The van der Waals surface area contributed by atoms with Crippen LogP contribution in [0.2, 0.25) is 0 Å². The summed E-state index contributed by atoms with van der Waals surface area (Å²) in [5.41, 5.74) is 0. The molecule has 2 N–H and O–H groups in total. The van der Waals surface area contributed by atoms with Crippen LogP contribution < -0.4 is 5.32 Å². The molecule has 1 rings (SSSR count). The number of aliphatic hydroxyl groups excluding tert-OH is 1. The van der Waals surface area contributed by atoms with E-state index < -0.39 is 0 Å². The minimum atomic E-state index is -0.222. The van der Waals surface area contributed by atoms with E-state index in [-0.39, 0.29) is 18.6 Å². The van der Waals surface area contributed by atoms with Crippen LogP contribution in [0.5, 0.6) is 0 Å². The molecule has 0 aromatic heterocycles. The van der Waals surface area contributed by atoms with Crippen LogP contribution in [0.4, 0.5) is 0 Å². The summed E-state index contributed by atoms with van der Waals surface area (Å²) in [6.07, 6.45) is 2.85. The Labute approximate surface area is 84.6 Å². The van der Waals surface area contributed by atoms with Gasteiger partial charge in [-0.1, -0.05) is 6.42 Å². The van der Waals surface area contributed by atoms with Crippen LogP contribution in [-0.2, 0) is 9.53 Å². The van der Waals surface area contributed by atoms with Gasteiger partial charge in [0, 0.05) is 6.54 Å². The van der Waals surface area contributed by atoms with E-state index in [1.165, 1.54) is 0 Å². The molecule has 1 aliphatic rings. The fraction of sp³-hybridized carbons (Fsp3) is 0.900. The van der Waals surface area contributed by atoms with Gasteiger partial charge in [-0.05, 0) is 25.7 Å². The summed E-state index contributed by atoms with van der Waals surface area (Å²) in [4.78, 5) is 11.0. The summed E-state index contributed by atoms with van der Waals surface area (Å²) in [6, 6.07) is 0. The van der Waals surface area contributed by atoms with Crippen LogP contribution >= 0.6 is 0 Å². The zero-order valence-corrected chi connectivity index (χ0v) is 8.66. The van der Waals surface area contributed by atoms with E-state index >= 15 is 0 Å². The summed E-state index contributed by atoms with van der Waals surface area (Å²) >= 11 is 0. The molecule has 14 heavy (non-hydrogen) atoms. The lowest BCUT2D eigenvalue weighted by Gasteiger charge is -2.14. The van der Waals surface area contributed by atoms with Crippen LogP contribution in [0.25, 0.3) is 0 Å². The average molecular weight is 201 g/mol. The van der Waals surface area contributed by atoms with Gasteiger partial charge in [-0.3, -0.25) is 4.79 Å². The Kier molecular flexibility index (Phi) is 4.90. The smallest absolute Gasteiger partial charge is 0.319 e. The lowest BCUT2D eigenvalue weighted by Crippen LogP contribution is -2.32. The van der Waals surface area contributed by atoms with Gasteiger partial charge in [-0.15, -0.1) is 0 Å². The average Bonchev–Trinajstić information content (AvgIpc) is 2.52. The lowest BCUT2D eigenvalue weighted by molar-refractivity contribution is -0.142. The van der Waals surface area contributed by atoms with Gasteiger partial charge >= 0.3 is 5.97 Å². The number of ether oxygens (including phenoxy) is 1. The molecule has 0 aromatic carbocycles. The lowest BCUT2D eigenvalue weighted by atomic mass is 10.1. The normalized spacial score (nSPS) is 26.4. The third-order valence-corrected chi connectivity index (χ3v) is 2.60. The summed E-state index contributed by atoms with van der Waals surface area (Å²) in [5, 5.41) is 12.5. The largest absolute Gasteiger partial charge is 0.465 e. The number of carbonyl (C=O) groups excluding carboxylic acids is 1. The van der Waals surface area contributed by atoms with Gasteiger partial charge in [0.15, 0.2) is 0 Å². The fourth-order valence-corrected chi connectivity index (χ4v) is 1.83. The molecule has 0 amide bonds. The van der Waals surface area contributed by atoms with E-state index in [9.17, 15) is 9.90 Å². The second-order valence-corrected chi connectivity index (χ2v) is 3.69. The van der Waals surface area contributed by atoms with Crippen molar-refractivity contribution in [1.82, 2.24) is 5.32 Å². The molecule has 2 atom stereocenters. The maximum Gasteiger partial charge on any atom is 0.319 e. The van der Waals surface area contributed by atoms with Crippen LogP contribution in [0.3, 0.4) is 0 Å². The molecule has 4 heteroatoms. The Hall–Kier alpha value is -0.610. The SMILES string of the molecule is CCOC(=O)CNCC1CCCC1O. The first-order valence-corrected chi connectivity index (χ1v) is 5.28. The number of hydrogen-bond acceptors (Lipinski definition) is 4. The van der Waals surface area contributed by atoms with E-state index in [4.69, 9.17) is 4.74 Å². The van der Waals surface area contributed by atoms with E-state index in [0.29, 0.717) is 19.1 Å². The van der Waals surface area contributed by atoms with Crippen molar-refractivity contribution in [2.45, 2.75) is 32.3 Å². The molecule has 0 aromatic rings. The molecule has 4 nitrogen and oxygen atoms in total. The Morgan fingerprint density at radius 2 is 2.36 bits per heavy atom. The van der Waals surface area contributed by atoms with Crippen LogP contribution in [-0.4, -0.2) is 36.9 Å². The van der Waals surface area contributed by atoms with Crippen molar-refractivity contribution in [2.24, 2.45) is 5.92 Å². The fourth-order valence-electron chi connectivity index (χ4n) is 1.83. The zero-order valence-electron chi connectivity index (χ0n) is 8.66. The number of rotatable bonds is 5. The summed E-state index contributed by atoms with van der Waals surface area (Å²) in [5.74, 6) is 0.0874. The van der Waals surface area contributed by atoms with Crippen molar-refractivity contribution in [2.75, 3.05) is 19.7 Å². The third kappa shape index (κ3) is 3.64. The first kappa shape index (κ1) is 11.5. The van der Waals surface area contributed by atoms with Crippen LogP contribution in [0, 0.1) is 5.92 Å². The van der Waals surface area contributed by atoms with Gasteiger partial charge in [-0.25, -0.2) is 0 Å². The van der Waals surface area contributed by atoms with Crippen LogP contribution in [0.15, 0.2) is 0 Å². The zero-order chi connectivity index (χ0) is 10.4. The van der Waals surface area contributed by atoms with Crippen LogP contribution in [0.1, 0.15) is 26.2 Å². The number of nitrogens with one attached hydrogen (secondary N) is 1. The summed E-state index contributed by atoms with van der Waals surface area (Å²) in [7, 11) is 0. The summed E-state index contributed by atoms with van der Waals surface area (Å²) < 4.78 is 4.77. The topological polar surface area (TPSA) is 58.6 Å². The first-order valence-electron chi connectivity index (χ1n) is 5.28. The molecule has 1 saturated carbocycles. The van der Waals surface area contributed by atoms with Crippen molar-refractivity contribution in [3.63, 3.8) is 0 Å². The van der Waals surface area contributed by atoms with Crippen molar-refractivity contribution < 1.29 is 14.6 Å². The second kappa shape index (κ2) is 5.98. The molecule has 0 saturated heterocycles. The van der Waals surface area contributed by atoms with Gasteiger partial charge in [0.05, 0.1) is 19.3 Å². The predicted molar refractivity (Wildman–Crippen MR) is 52.9 cm³/mol. The highest BCUT2D eigenvalue weighted by Gasteiger charge is 2.24. The standard InChI is InChI=1S/C10H19NO3/c1-2-14-10(13)7-11-6-8-4-3-5-9(8)12/h8-9,11-12H,2-7H2,1H3.